The number of hydrogen-bond acceptors (Lipinski definition) is 4. The van der Waals surface area contributed by atoms with Crippen LogP contribution >= 0.6 is 12.2 Å². The van der Waals surface area contributed by atoms with Crippen molar-refractivity contribution >= 4 is 23.0 Å². The van der Waals surface area contributed by atoms with Gasteiger partial charge in [0.15, 0.2) is 0 Å². The molecule has 2 heterocycles. The van der Waals surface area contributed by atoms with Crippen LogP contribution in [0.15, 0.2) is 12.3 Å². The van der Waals surface area contributed by atoms with Crippen LogP contribution < -0.4 is 11.1 Å². The summed E-state index contributed by atoms with van der Waals surface area (Å²) in [5.74, 6) is 0.829. The molecule has 1 aromatic heterocycles. The third-order valence-corrected chi connectivity index (χ3v) is 3.90. The average molecular weight is 278 g/mol. The highest BCUT2D eigenvalue weighted by atomic mass is 32.1. The summed E-state index contributed by atoms with van der Waals surface area (Å²) in [6, 6.07) is 2.37. The summed E-state index contributed by atoms with van der Waals surface area (Å²) in [5.41, 5.74) is 7.77. The van der Waals surface area contributed by atoms with Crippen molar-refractivity contribution < 1.29 is 0 Å². The highest BCUT2D eigenvalue weighted by Crippen LogP contribution is 2.20. The van der Waals surface area contributed by atoms with E-state index in [2.05, 4.69) is 22.1 Å². The zero-order chi connectivity index (χ0) is 13.8. The molecule has 0 aromatic carbocycles. The summed E-state index contributed by atoms with van der Waals surface area (Å²) >= 11 is 5.14. The van der Waals surface area contributed by atoms with Gasteiger partial charge in [0.2, 0.25) is 0 Å². The summed E-state index contributed by atoms with van der Waals surface area (Å²) < 4.78 is 0. The number of thiocarbonyl (C=S) groups is 1. The smallest absolute Gasteiger partial charge is 0.136 e. The normalized spacial score (nSPS) is 20.2. The van der Waals surface area contributed by atoms with Gasteiger partial charge in [-0.3, -0.25) is 0 Å². The number of likely N-dealkylation sites (tertiary alicyclic amines) is 1. The Labute approximate surface area is 120 Å². The number of nitrogens with two attached hydrogens (primary N) is 1. The van der Waals surface area contributed by atoms with Crippen molar-refractivity contribution in [1.29, 1.82) is 0 Å². The number of nitrogens with one attached hydrogen (secondary N) is 1. The Hall–Kier alpha value is -1.20. The molecule has 5 heteroatoms. The second-order valence-corrected chi connectivity index (χ2v) is 5.53. The molecule has 0 spiro atoms. The van der Waals surface area contributed by atoms with Crippen LogP contribution in [0.4, 0.5) is 5.82 Å². The first-order chi connectivity index (χ1) is 9.11. The van der Waals surface area contributed by atoms with Crippen LogP contribution in [0.3, 0.4) is 0 Å². The van der Waals surface area contributed by atoms with Gasteiger partial charge in [0.1, 0.15) is 10.8 Å². The highest BCUT2D eigenvalue weighted by molar-refractivity contribution is 7.80. The fourth-order valence-corrected chi connectivity index (χ4v) is 2.89. The van der Waals surface area contributed by atoms with Gasteiger partial charge in [0.05, 0.1) is 5.56 Å². The van der Waals surface area contributed by atoms with Crippen molar-refractivity contribution in [1.82, 2.24) is 9.88 Å². The monoisotopic (exact) mass is 278 g/mol. The largest absolute Gasteiger partial charge is 0.389 e. The lowest BCUT2D eigenvalue weighted by molar-refractivity contribution is 0.226. The molecule has 2 rings (SSSR count). The lowest BCUT2D eigenvalue weighted by atomic mass is 10.0. The van der Waals surface area contributed by atoms with Crippen molar-refractivity contribution in [3.8, 4) is 0 Å². The van der Waals surface area contributed by atoms with E-state index in [1.807, 2.05) is 13.0 Å². The molecule has 3 N–H and O–H groups in total. The van der Waals surface area contributed by atoms with Crippen molar-refractivity contribution in [2.45, 2.75) is 32.7 Å². The molecule has 0 aliphatic carbocycles. The van der Waals surface area contributed by atoms with Gasteiger partial charge in [0, 0.05) is 18.8 Å². The maximum absolute atomic E-state index is 5.82. The predicted octanol–water partition coefficient (Wildman–Crippen LogP) is 1.92. The predicted molar refractivity (Wildman–Crippen MR) is 83.6 cm³/mol. The van der Waals surface area contributed by atoms with Crippen LogP contribution in [0.1, 0.15) is 30.9 Å². The summed E-state index contributed by atoms with van der Waals surface area (Å²) in [5, 5.41) is 3.52. The molecule has 0 amide bonds. The van der Waals surface area contributed by atoms with E-state index in [-0.39, 0.29) is 0 Å². The number of anilines is 1. The zero-order valence-electron chi connectivity index (χ0n) is 11.6. The van der Waals surface area contributed by atoms with Crippen LogP contribution in [0, 0.1) is 6.92 Å². The molecular weight excluding hydrogens is 256 g/mol. The molecule has 0 radical (unpaired) electrons. The quantitative estimate of drug-likeness (QED) is 0.824. The van der Waals surface area contributed by atoms with Gasteiger partial charge < -0.3 is 16.0 Å². The SMILES string of the molecule is CCN1CCCC(Nc2nccc(C)c2C(N)=S)C1. The molecule has 1 saturated heterocycles. The van der Waals surface area contributed by atoms with Crippen LogP contribution in [0.25, 0.3) is 0 Å². The van der Waals surface area contributed by atoms with Gasteiger partial charge in [-0.15, -0.1) is 0 Å². The fraction of sp³-hybridized carbons (Fsp3) is 0.571. The second-order valence-electron chi connectivity index (χ2n) is 5.09. The standard InChI is InChI=1S/C14H22N4S/c1-3-18-8-4-5-11(9-18)17-14-12(13(15)19)10(2)6-7-16-14/h6-7,11H,3-5,8-9H2,1-2H3,(H2,15,19)(H,16,17). The molecule has 19 heavy (non-hydrogen) atoms. The van der Waals surface area contributed by atoms with E-state index in [0.29, 0.717) is 11.0 Å². The highest BCUT2D eigenvalue weighted by Gasteiger charge is 2.20. The van der Waals surface area contributed by atoms with Gasteiger partial charge in [-0.05, 0) is 44.5 Å². The van der Waals surface area contributed by atoms with E-state index >= 15 is 0 Å². The van der Waals surface area contributed by atoms with E-state index in [4.69, 9.17) is 18.0 Å². The number of aromatic nitrogens is 1. The van der Waals surface area contributed by atoms with Crippen molar-refractivity contribution in [3.05, 3.63) is 23.4 Å². The second kappa shape index (κ2) is 6.30. The van der Waals surface area contributed by atoms with Crippen LogP contribution in [-0.2, 0) is 0 Å². The van der Waals surface area contributed by atoms with Gasteiger partial charge in [0.25, 0.3) is 0 Å². The molecule has 0 saturated carbocycles. The molecule has 1 unspecified atom stereocenters. The Morgan fingerprint density at radius 1 is 1.63 bits per heavy atom. The Bertz CT molecular complexity index is 461. The van der Waals surface area contributed by atoms with E-state index in [1.165, 1.54) is 19.4 Å². The molecule has 1 aliphatic rings. The maximum Gasteiger partial charge on any atom is 0.136 e. The van der Waals surface area contributed by atoms with Gasteiger partial charge in [-0.2, -0.15) is 0 Å². The molecule has 1 fully saturated rings. The van der Waals surface area contributed by atoms with Gasteiger partial charge in [-0.25, -0.2) is 4.98 Å². The van der Waals surface area contributed by atoms with Crippen LogP contribution in [0.2, 0.25) is 0 Å². The third kappa shape index (κ3) is 3.42. The molecule has 1 aliphatic heterocycles. The summed E-state index contributed by atoms with van der Waals surface area (Å²) in [6.07, 6.45) is 4.20. The Kier molecular flexibility index (Phi) is 4.71. The third-order valence-electron chi connectivity index (χ3n) is 3.70. The summed E-state index contributed by atoms with van der Waals surface area (Å²) in [7, 11) is 0. The first kappa shape index (κ1) is 14.2. The first-order valence-corrected chi connectivity index (χ1v) is 7.27. The number of nitrogens with zero attached hydrogens (tertiary/aromatic N) is 2. The lowest BCUT2D eigenvalue weighted by Crippen LogP contribution is -2.42. The molecule has 4 nitrogen and oxygen atoms in total. The maximum atomic E-state index is 5.82. The molecular formula is C14H22N4S. The number of hydrogen-bond donors (Lipinski definition) is 2. The Morgan fingerprint density at radius 3 is 3.11 bits per heavy atom. The van der Waals surface area contributed by atoms with Crippen LogP contribution in [-0.4, -0.2) is 40.5 Å². The van der Waals surface area contributed by atoms with Crippen molar-refractivity contribution in [3.63, 3.8) is 0 Å². The minimum Gasteiger partial charge on any atom is -0.389 e. The van der Waals surface area contributed by atoms with E-state index in [0.717, 1.165) is 30.0 Å². The molecule has 1 aromatic rings. The minimum atomic E-state index is 0.413. The first-order valence-electron chi connectivity index (χ1n) is 6.86. The number of rotatable bonds is 4. The summed E-state index contributed by atoms with van der Waals surface area (Å²) in [4.78, 5) is 7.28. The topological polar surface area (TPSA) is 54.2 Å². The van der Waals surface area contributed by atoms with E-state index in [1.54, 1.807) is 6.20 Å². The number of likely N-dealkylation sites (N-methyl/N-ethyl adjacent to an activating group) is 1. The summed E-state index contributed by atoms with van der Waals surface area (Å²) in [6.45, 7) is 7.57. The van der Waals surface area contributed by atoms with E-state index in [9.17, 15) is 0 Å². The lowest BCUT2D eigenvalue weighted by Gasteiger charge is -2.33. The number of aryl methyl sites for hydroxylation is 1. The van der Waals surface area contributed by atoms with Gasteiger partial charge >= 0.3 is 0 Å². The Morgan fingerprint density at radius 2 is 2.42 bits per heavy atom. The molecule has 104 valence electrons. The van der Waals surface area contributed by atoms with Crippen molar-refractivity contribution in [2.24, 2.45) is 5.73 Å². The average Bonchev–Trinajstić information content (AvgIpc) is 2.38. The molecule has 1 atom stereocenters. The van der Waals surface area contributed by atoms with E-state index < -0.39 is 0 Å². The fourth-order valence-electron chi connectivity index (χ4n) is 2.63. The Balaban J connectivity index is 2.14. The van der Waals surface area contributed by atoms with Gasteiger partial charge in [-0.1, -0.05) is 19.1 Å². The van der Waals surface area contributed by atoms with Crippen molar-refractivity contribution in [2.75, 3.05) is 25.0 Å². The molecule has 0 bridgehead atoms. The zero-order valence-corrected chi connectivity index (χ0v) is 12.5. The number of piperidine rings is 1. The number of pyridine rings is 1. The van der Waals surface area contributed by atoms with Crippen LogP contribution in [0.5, 0.6) is 0 Å². The minimum absolute atomic E-state index is 0.413.